The third-order valence-corrected chi connectivity index (χ3v) is 2.80. The van der Waals surface area contributed by atoms with Crippen molar-refractivity contribution in [2.75, 3.05) is 5.32 Å². The van der Waals surface area contributed by atoms with Crippen LogP contribution in [0.3, 0.4) is 0 Å². The van der Waals surface area contributed by atoms with E-state index in [0.29, 0.717) is 10.7 Å². The molecule has 0 saturated heterocycles. The van der Waals surface area contributed by atoms with Gasteiger partial charge in [0, 0.05) is 16.9 Å². The maximum atomic E-state index is 11.8. The van der Waals surface area contributed by atoms with Crippen molar-refractivity contribution in [3.63, 3.8) is 0 Å². The van der Waals surface area contributed by atoms with Crippen LogP contribution in [0.2, 0.25) is 5.02 Å². The number of benzene rings is 1. The van der Waals surface area contributed by atoms with Crippen molar-refractivity contribution in [1.82, 2.24) is 10.3 Å². The molecule has 0 aliphatic rings. The van der Waals surface area contributed by atoms with Gasteiger partial charge >= 0.3 is 6.03 Å². The zero-order valence-electron chi connectivity index (χ0n) is 10.4. The van der Waals surface area contributed by atoms with Gasteiger partial charge in [0.05, 0.1) is 11.7 Å². The Morgan fingerprint density at radius 3 is 2.79 bits per heavy atom. The normalized spacial score (nSPS) is 11.7. The lowest BCUT2D eigenvalue weighted by atomic mass is 10.2. The molecular weight excluding hydrogens is 262 g/mol. The lowest BCUT2D eigenvalue weighted by Crippen LogP contribution is -2.31. The Balaban J connectivity index is 1.95. The Kier molecular flexibility index (Phi) is 4.36. The summed E-state index contributed by atoms with van der Waals surface area (Å²) in [6, 6.07) is 12.1. The highest BCUT2D eigenvalue weighted by Gasteiger charge is 2.10. The van der Waals surface area contributed by atoms with Crippen LogP contribution in [0, 0.1) is 0 Å². The van der Waals surface area contributed by atoms with Crippen molar-refractivity contribution in [1.29, 1.82) is 0 Å². The Bertz CT molecular complexity index is 560. The summed E-state index contributed by atoms with van der Waals surface area (Å²) in [5.41, 5.74) is 1.46. The molecule has 1 aromatic heterocycles. The van der Waals surface area contributed by atoms with E-state index >= 15 is 0 Å². The van der Waals surface area contributed by atoms with E-state index in [2.05, 4.69) is 15.6 Å². The third-order valence-electron chi connectivity index (χ3n) is 2.56. The van der Waals surface area contributed by atoms with E-state index in [4.69, 9.17) is 11.6 Å². The van der Waals surface area contributed by atoms with E-state index in [0.717, 1.165) is 5.69 Å². The van der Waals surface area contributed by atoms with E-state index in [1.165, 1.54) is 0 Å². The van der Waals surface area contributed by atoms with Crippen molar-refractivity contribution in [3.8, 4) is 0 Å². The first kappa shape index (κ1) is 13.4. The number of hydrogen-bond donors (Lipinski definition) is 2. The molecule has 2 aromatic rings. The average molecular weight is 276 g/mol. The summed E-state index contributed by atoms with van der Waals surface area (Å²) in [7, 11) is 0. The Hall–Kier alpha value is -2.07. The molecule has 2 amide bonds. The number of hydrogen-bond acceptors (Lipinski definition) is 2. The zero-order chi connectivity index (χ0) is 13.7. The molecule has 2 N–H and O–H groups in total. The number of carbonyl (C=O) groups excluding carboxylic acids is 1. The van der Waals surface area contributed by atoms with Crippen LogP contribution < -0.4 is 10.6 Å². The van der Waals surface area contributed by atoms with Crippen LogP contribution in [0.1, 0.15) is 18.7 Å². The molecular formula is C14H14ClN3O. The molecule has 1 aromatic carbocycles. The van der Waals surface area contributed by atoms with Crippen LogP contribution in [0.5, 0.6) is 0 Å². The van der Waals surface area contributed by atoms with Gasteiger partial charge in [-0.05, 0) is 37.3 Å². The average Bonchev–Trinajstić information content (AvgIpc) is 2.39. The smallest absolute Gasteiger partial charge is 0.319 e. The van der Waals surface area contributed by atoms with Crippen molar-refractivity contribution >= 4 is 23.3 Å². The fourth-order valence-electron chi connectivity index (χ4n) is 1.64. The minimum Gasteiger partial charge on any atom is -0.330 e. The zero-order valence-corrected chi connectivity index (χ0v) is 11.2. The molecule has 0 aliphatic heterocycles. The number of aromatic nitrogens is 1. The van der Waals surface area contributed by atoms with Gasteiger partial charge in [-0.2, -0.15) is 0 Å². The monoisotopic (exact) mass is 275 g/mol. The van der Waals surface area contributed by atoms with E-state index in [9.17, 15) is 4.79 Å². The molecule has 0 aliphatic carbocycles. The van der Waals surface area contributed by atoms with Gasteiger partial charge in [-0.3, -0.25) is 4.98 Å². The second kappa shape index (κ2) is 6.20. The number of anilines is 1. The van der Waals surface area contributed by atoms with Crippen LogP contribution in [-0.2, 0) is 0 Å². The van der Waals surface area contributed by atoms with Gasteiger partial charge in [0.1, 0.15) is 0 Å². The molecule has 0 fully saturated rings. The standard InChI is InChI=1S/C14H14ClN3O/c1-10(13-7-2-3-8-16-13)17-14(19)18-12-6-4-5-11(15)9-12/h2-10H,1H3,(H2,17,18,19)/t10-/m1/s1. The Morgan fingerprint density at radius 1 is 1.26 bits per heavy atom. The second-order valence-electron chi connectivity index (χ2n) is 4.09. The largest absolute Gasteiger partial charge is 0.330 e. The van der Waals surface area contributed by atoms with Crippen LogP contribution >= 0.6 is 11.6 Å². The molecule has 0 spiro atoms. The highest BCUT2D eigenvalue weighted by molar-refractivity contribution is 6.30. The van der Waals surface area contributed by atoms with E-state index < -0.39 is 0 Å². The van der Waals surface area contributed by atoms with Gasteiger partial charge < -0.3 is 10.6 Å². The van der Waals surface area contributed by atoms with E-state index in [1.54, 1.807) is 30.5 Å². The van der Waals surface area contributed by atoms with Crippen molar-refractivity contribution in [3.05, 3.63) is 59.4 Å². The molecule has 98 valence electrons. The summed E-state index contributed by atoms with van der Waals surface area (Å²) in [6.07, 6.45) is 1.70. The first-order valence-electron chi connectivity index (χ1n) is 5.89. The molecule has 1 heterocycles. The Morgan fingerprint density at radius 2 is 2.11 bits per heavy atom. The minimum atomic E-state index is -0.291. The van der Waals surface area contributed by atoms with E-state index in [-0.39, 0.29) is 12.1 Å². The predicted octanol–water partition coefficient (Wildman–Crippen LogP) is 3.62. The van der Waals surface area contributed by atoms with Gasteiger partial charge in [-0.15, -0.1) is 0 Å². The number of pyridine rings is 1. The summed E-state index contributed by atoms with van der Waals surface area (Å²) >= 11 is 5.85. The maximum Gasteiger partial charge on any atom is 0.319 e. The summed E-state index contributed by atoms with van der Waals surface area (Å²) in [4.78, 5) is 16.0. The van der Waals surface area contributed by atoms with Gasteiger partial charge in [-0.1, -0.05) is 23.7 Å². The number of halogens is 1. The molecule has 0 radical (unpaired) electrons. The number of rotatable bonds is 3. The van der Waals surface area contributed by atoms with Crippen molar-refractivity contribution < 1.29 is 4.79 Å². The SMILES string of the molecule is C[C@@H](NC(=O)Nc1cccc(Cl)c1)c1ccccn1. The van der Waals surface area contributed by atoms with Gasteiger partial charge in [0.15, 0.2) is 0 Å². The van der Waals surface area contributed by atoms with Crippen molar-refractivity contribution in [2.24, 2.45) is 0 Å². The number of nitrogens with zero attached hydrogens (tertiary/aromatic N) is 1. The molecule has 4 nitrogen and oxygen atoms in total. The lowest BCUT2D eigenvalue weighted by molar-refractivity contribution is 0.249. The number of carbonyl (C=O) groups is 1. The highest BCUT2D eigenvalue weighted by atomic mass is 35.5. The van der Waals surface area contributed by atoms with Crippen LogP contribution in [0.25, 0.3) is 0 Å². The molecule has 0 saturated carbocycles. The van der Waals surface area contributed by atoms with Crippen LogP contribution in [0.4, 0.5) is 10.5 Å². The lowest BCUT2D eigenvalue weighted by Gasteiger charge is -2.14. The number of urea groups is 1. The maximum absolute atomic E-state index is 11.8. The van der Waals surface area contributed by atoms with Crippen LogP contribution in [-0.4, -0.2) is 11.0 Å². The van der Waals surface area contributed by atoms with Gasteiger partial charge in [0.25, 0.3) is 0 Å². The summed E-state index contributed by atoms with van der Waals surface area (Å²) in [5, 5.41) is 6.11. The predicted molar refractivity (Wildman–Crippen MR) is 76.3 cm³/mol. The number of nitrogens with one attached hydrogen (secondary N) is 2. The number of amides is 2. The molecule has 0 unspecified atom stereocenters. The summed E-state index contributed by atoms with van der Waals surface area (Å²) < 4.78 is 0. The molecule has 0 bridgehead atoms. The topological polar surface area (TPSA) is 54.0 Å². The van der Waals surface area contributed by atoms with Gasteiger partial charge in [0.2, 0.25) is 0 Å². The highest BCUT2D eigenvalue weighted by Crippen LogP contribution is 2.15. The quantitative estimate of drug-likeness (QED) is 0.899. The molecule has 1 atom stereocenters. The fraction of sp³-hybridized carbons (Fsp3) is 0.143. The summed E-state index contributed by atoms with van der Waals surface area (Å²) in [6.45, 7) is 1.87. The first-order valence-corrected chi connectivity index (χ1v) is 6.27. The first-order chi connectivity index (χ1) is 9.15. The van der Waals surface area contributed by atoms with E-state index in [1.807, 2.05) is 25.1 Å². The van der Waals surface area contributed by atoms with Gasteiger partial charge in [-0.25, -0.2) is 4.79 Å². The van der Waals surface area contributed by atoms with Crippen LogP contribution in [0.15, 0.2) is 48.7 Å². The third kappa shape index (κ3) is 3.96. The Labute approximate surface area is 116 Å². The molecule has 5 heteroatoms. The summed E-state index contributed by atoms with van der Waals surface area (Å²) in [5.74, 6) is 0. The fourth-order valence-corrected chi connectivity index (χ4v) is 1.83. The minimum absolute atomic E-state index is 0.166. The molecule has 19 heavy (non-hydrogen) atoms. The van der Waals surface area contributed by atoms with Crippen molar-refractivity contribution in [2.45, 2.75) is 13.0 Å². The second-order valence-corrected chi connectivity index (χ2v) is 4.52. The molecule has 2 rings (SSSR count).